The van der Waals surface area contributed by atoms with Crippen LogP contribution in [0.15, 0.2) is 54.7 Å². The van der Waals surface area contributed by atoms with Crippen LogP contribution >= 0.6 is 0 Å². The monoisotopic (exact) mass is 238 g/mol. The van der Waals surface area contributed by atoms with Crippen molar-refractivity contribution >= 4 is 10.9 Å². The second-order valence-corrected chi connectivity index (χ2v) is 4.34. The largest absolute Gasteiger partial charge is 0.392 e. The number of hydrogen-bond acceptors (Lipinski definition) is 2. The normalized spacial score (nSPS) is 10.9. The molecule has 0 saturated heterocycles. The fourth-order valence-corrected chi connectivity index (χ4v) is 2.07. The van der Waals surface area contributed by atoms with Gasteiger partial charge in [0.25, 0.3) is 0 Å². The van der Waals surface area contributed by atoms with Crippen LogP contribution in [-0.4, -0.2) is 14.9 Å². The summed E-state index contributed by atoms with van der Waals surface area (Å²) in [6.45, 7) is 0.838. The Hall–Kier alpha value is -2.13. The second kappa shape index (κ2) is 4.63. The smallest absolute Gasteiger partial charge is 0.0686 e. The van der Waals surface area contributed by atoms with Crippen LogP contribution in [0.2, 0.25) is 0 Å². The molecule has 0 aliphatic rings. The van der Waals surface area contributed by atoms with Gasteiger partial charge in [-0.05, 0) is 17.2 Å². The highest BCUT2D eigenvalue weighted by atomic mass is 16.3. The summed E-state index contributed by atoms with van der Waals surface area (Å²) in [6, 6.07) is 16.1. The summed E-state index contributed by atoms with van der Waals surface area (Å²) in [5, 5.41) is 14.6. The van der Waals surface area contributed by atoms with Crippen LogP contribution in [0, 0.1) is 0 Å². The molecule has 1 aromatic heterocycles. The van der Waals surface area contributed by atoms with Crippen molar-refractivity contribution in [1.29, 1.82) is 0 Å². The van der Waals surface area contributed by atoms with Gasteiger partial charge >= 0.3 is 0 Å². The van der Waals surface area contributed by atoms with Gasteiger partial charge in [0, 0.05) is 5.39 Å². The molecule has 0 saturated carbocycles. The maximum absolute atomic E-state index is 9.01. The van der Waals surface area contributed by atoms with Crippen LogP contribution in [0.1, 0.15) is 11.1 Å². The number of aliphatic hydroxyl groups is 1. The second-order valence-electron chi connectivity index (χ2n) is 4.34. The molecular weight excluding hydrogens is 224 g/mol. The molecule has 0 amide bonds. The van der Waals surface area contributed by atoms with Gasteiger partial charge in [-0.1, -0.05) is 42.5 Å². The zero-order valence-corrected chi connectivity index (χ0v) is 9.95. The molecule has 3 heteroatoms. The molecule has 0 unspecified atom stereocenters. The molecule has 90 valence electrons. The highest BCUT2D eigenvalue weighted by Gasteiger charge is 2.02. The quantitative estimate of drug-likeness (QED) is 0.761. The van der Waals surface area contributed by atoms with E-state index in [1.165, 1.54) is 5.56 Å². The van der Waals surface area contributed by atoms with E-state index in [1.54, 1.807) is 0 Å². The molecule has 2 aromatic carbocycles. The lowest BCUT2D eigenvalue weighted by molar-refractivity contribution is 0.282. The molecular formula is C15H14N2O. The molecule has 0 aliphatic carbocycles. The molecule has 1 N–H and O–H groups in total. The van der Waals surface area contributed by atoms with Gasteiger partial charge in [0.1, 0.15) is 0 Å². The molecule has 0 fully saturated rings. The molecule has 1 heterocycles. The number of fused-ring (bicyclic) bond motifs is 1. The topological polar surface area (TPSA) is 38.0 Å². The predicted octanol–water partition coefficient (Wildman–Crippen LogP) is 2.58. The van der Waals surface area contributed by atoms with Crippen molar-refractivity contribution < 1.29 is 5.11 Å². The van der Waals surface area contributed by atoms with Gasteiger partial charge in [0.05, 0.1) is 24.9 Å². The molecule has 3 aromatic rings. The first-order valence-corrected chi connectivity index (χ1v) is 5.96. The van der Waals surface area contributed by atoms with E-state index in [-0.39, 0.29) is 6.61 Å². The Morgan fingerprint density at radius 1 is 0.944 bits per heavy atom. The Labute approximate surface area is 105 Å². The van der Waals surface area contributed by atoms with Crippen LogP contribution in [0.5, 0.6) is 0 Å². The van der Waals surface area contributed by atoms with E-state index in [1.807, 2.05) is 47.3 Å². The Bertz CT molecular complexity index is 656. The van der Waals surface area contributed by atoms with Crippen LogP contribution in [-0.2, 0) is 13.2 Å². The lowest BCUT2D eigenvalue weighted by atomic mass is 10.1. The van der Waals surface area contributed by atoms with Crippen molar-refractivity contribution in [2.75, 3.05) is 0 Å². The third kappa shape index (κ3) is 2.00. The standard InChI is InChI=1S/C15H14N2O/c18-11-13-7-5-12(6-8-13)10-17-15-4-2-1-3-14(15)9-16-17/h1-9,18H,10-11H2. The van der Waals surface area contributed by atoms with Gasteiger partial charge in [0.2, 0.25) is 0 Å². The minimum atomic E-state index is 0.0883. The number of para-hydroxylation sites is 1. The minimum Gasteiger partial charge on any atom is -0.392 e. The lowest BCUT2D eigenvalue weighted by Crippen LogP contribution is -2.01. The number of rotatable bonds is 3. The highest BCUT2D eigenvalue weighted by molar-refractivity contribution is 5.78. The summed E-state index contributed by atoms with van der Waals surface area (Å²) in [7, 11) is 0. The molecule has 18 heavy (non-hydrogen) atoms. The van der Waals surface area contributed by atoms with Crippen molar-refractivity contribution in [3.63, 3.8) is 0 Å². The first-order chi connectivity index (χ1) is 8.86. The minimum absolute atomic E-state index is 0.0883. The zero-order chi connectivity index (χ0) is 12.4. The molecule has 0 aliphatic heterocycles. The number of nitrogens with zero attached hydrogens (tertiary/aromatic N) is 2. The van der Waals surface area contributed by atoms with Crippen molar-refractivity contribution in [2.45, 2.75) is 13.2 Å². The molecule has 3 rings (SSSR count). The van der Waals surface area contributed by atoms with Crippen LogP contribution in [0.4, 0.5) is 0 Å². The number of aromatic nitrogens is 2. The Kier molecular flexibility index (Phi) is 2.82. The number of aliphatic hydroxyl groups excluding tert-OH is 1. The lowest BCUT2D eigenvalue weighted by Gasteiger charge is -2.04. The van der Waals surface area contributed by atoms with Gasteiger partial charge in [-0.2, -0.15) is 5.10 Å². The van der Waals surface area contributed by atoms with Crippen molar-refractivity contribution in [2.24, 2.45) is 0 Å². The van der Waals surface area contributed by atoms with Crippen LogP contribution in [0.3, 0.4) is 0 Å². The van der Waals surface area contributed by atoms with Crippen LogP contribution in [0.25, 0.3) is 10.9 Å². The van der Waals surface area contributed by atoms with Crippen molar-refractivity contribution in [1.82, 2.24) is 9.78 Å². The van der Waals surface area contributed by atoms with E-state index in [0.29, 0.717) is 0 Å². The van der Waals surface area contributed by atoms with Gasteiger partial charge in [-0.25, -0.2) is 0 Å². The molecule has 3 nitrogen and oxygen atoms in total. The van der Waals surface area contributed by atoms with E-state index in [9.17, 15) is 0 Å². The predicted molar refractivity (Wildman–Crippen MR) is 71.2 cm³/mol. The fraction of sp³-hybridized carbons (Fsp3) is 0.133. The van der Waals surface area contributed by atoms with Crippen molar-refractivity contribution in [3.8, 4) is 0 Å². The first kappa shape index (κ1) is 11.0. The average Bonchev–Trinajstić information content (AvgIpc) is 2.83. The van der Waals surface area contributed by atoms with E-state index in [2.05, 4.69) is 17.2 Å². The Balaban J connectivity index is 1.91. The molecule has 0 radical (unpaired) electrons. The van der Waals surface area contributed by atoms with Gasteiger partial charge < -0.3 is 5.11 Å². The summed E-state index contributed by atoms with van der Waals surface area (Å²) >= 11 is 0. The Morgan fingerprint density at radius 2 is 1.67 bits per heavy atom. The van der Waals surface area contributed by atoms with E-state index < -0.39 is 0 Å². The van der Waals surface area contributed by atoms with Gasteiger partial charge in [-0.15, -0.1) is 0 Å². The summed E-state index contributed by atoms with van der Waals surface area (Å²) in [5.41, 5.74) is 3.26. The Morgan fingerprint density at radius 3 is 2.44 bits per heavy atom. The first-order valence-electron chi connectivity index (χ1n) is 5.96. The summed E-state index contributed by atoms with van der Waals surface area (Å²) in [6.07, 6.45) is 1.89. The third-order valence-electron chi connectivity index (χ3n) is 3.09. The number of benzene rings is 2. The highest BCUT2D eigenvalue weighted by Crippen LogP contribution is 2.14. The maximum atomic E-state index is 9.01. The molecule has 0 spiro atoms. The SMILES string of the molecule is OCc1ccc(Cn2ncc3ccccc32)cc1. The number of hydrogen-bond donors (Lipinski definition) is 1. The molecule has 0 atom stereocenters. The summed E-state index contributed by atoms with van der Waals surface area (Å²) in [4.78, 5) is 0. The zero-order valence-electron chi connectivity index (χ0n) is 9.95. The summed E-state index contributed by atoms with van der Waals surface area (Å²) < 4.78 is 1.99. The average molecular weight is 238 g/mol. The van der Waals surface area contributed by atoms with E-state index >= 15 is 0 Å². The van der Waals surface area contributed by atoms with E-state index in [0.717, 1.165) is 23.0 Å². The fourth-order valence-electron chi connectivity index (χ4n) is 2.07. The summed E-state index contributed by atoms with van der Waals surface area (Å²) in [5.74, 6) is 0. The van der Waals surface area contributed by atoms with Crippen molar-refractivity contribution in [3.05, 3.63) is 65.9 Å². The van der Waals surface area contributed by atoms with Crippen LogP contribution < -0.4 is 0 Å². The van der Waals surface area contributed by atoms with Gasteiger partial charge in [-0.3, -0.25) is 4.68 Å². The van der Waals surface area contributed by atoms with E-state index in [4.69, 9.17) is 5.11 Å². The molecule has 0 bridgehead atoms. The third-order valence-corrected chi connectivity index (χ3v) is 3.09. The van der Waals surface area contributed by atoms with Gasteiger partial charge in [0.15, 0.2) is 0 Å². The maximum Gasteiger partial charge on any atom is 0.0686 e.